The van der Waals surface area contributed by atoms with Gasteiger partial charge in [0.25, 0.3) is 7.52 Å². The summed E-state index contributed by atoms with van der Waals surface area (Å²) in [6.07, 6.45) is 3.15. The molecule has 0 fully saturated rings. The van der Waals surface area contributed by atoms with Crippen molar-refractivity contribution >= 4 is 13.2 Å². The molecule has 1 unspecified atom stereocenters. The van der Waals surface area contributed by atoms with Crippen LogP contribution in [0.4, 0.5) is 5.69 Å². The first-order chi connectivity index (χ1) is 10.6. The number of benzene rings is 2. The molecule has 4 heteroatoms. The van der Waals surface area contributed by atoms with Crippen LogP contribution >= 0.6 is 7.52 Å². The van der Waals surface area contributed by atoms with Gasteiger partial charge in [-0.05, 0) is 24.1 Å². The lowest BCUT2D eigenvalue weighted by Gasteiger charge is -2.30. The van der Waals surface area contributed by atoms with Crippen molar-refractivity contribution in [3.05, 3.63) is 66.2 Å². The van der Waals surface area contributed by atoms with Crippen LogP contribution in [0.2, 0.25) is 0 Å². The van der Waals surface area contributed by atoms with Gasteiger partial charge < -0.3 is 4.89 Å². The molecule has 0 radical (unpaired) electrons. The molecule has 22 heavy (non-hydrogen) atoms. The summed E-state index contributed by atoms with van der Waals surface area (Å²) in [5.74, 6) is 0. The van der Waals surface area contributed by atoms with Crippen molar-refractivity contribution in [2.75, 3.05) is 10.8 Å². The van der Waals surface area contributed by atoms with Gasteiger partial charge in [-0.25, -0.2) is 0 Å². The minimum absolute atomic E-state index is 0.336. The maximum absolute atomic E-state index is 12.9. The summed E-state index contributed by atoms with van der Waals surface area (Å²) < 4.78 is 14.5. The quantitative estimate of drug-likeness (QED) is 0.546. The normalized spacial score (nSPS) is 13.5. The average molecular weight is 317 g/mol. The first-order valence-corrected chi connectivity index (χ1v) is 9.62. The van der Waals surface area contributed by atoms with Gasteiger partial charge in [0, 0.05) is 11.8 Å². The Morgan fingerprint density at radius 2 is 1.55 bits per heavy atom. The molecule has 0 heterocycles. The molecule has 0 spiro atoms. The van der Waals surface area contributed by atoms with Gasteiger partial charge in [0.15, 0.2) is 0 Å². The average Bonchev–Trinajstić information content (AvgIpc) is 2.54. The topological polar surface area (TPSA) is 40.5 Å². The van der Waals surface area contributed by atoms with Crippen molar-refractivity contribution in [3.8, 4) is 0 Å². The van der Waals surface area contributed by atoms with Gasteiger partial charge >= 0.3 is 0 Å². The number of nitrogens with zero attached hydrogens (tertiary/aromatic N) is 1. The highest BCUT2D eigenvalue weighted by Crippen LogP contribution is 2.49. The van der Waals surface area contributed by atoms with Crippen LogP contribution in [-0.2, 0) is 11.1 Å². The number of para-hydroxylation sites is 1. The standard InChI is InChI=1S/C18H24NO2P/c1-2-3-10-15-22(20,21)19(18-13-8-5-9-14-18)16-17-11-6-4-7-12-17/h4-9,11-14H,2-3,10,15-16H2,1H3,(H,20,21). The monoisotopic (exact) mass is 317 g/mol. The molecular formula is C18H24NO2P. The van der Waals surface area contributed by atoms with Crippen LogP contribution in [-0.4, -0.2) is 11.1 Å². The SMILES string of the molecule is CCCCCP(=O)(O)N(Cc1ccccc1)c1ccccc1. The highest BCUT2D eigenvalue weighted by molar-refractivity contribution is 7.59. The molecule has 2 rings (SSSR count). The van der Waals surface area contributed by atoms with Gasteiger partial charge in [-0.15, -0.1) is 0 Å². The Labute approximate surface area is 133 Å². The summed E-state index contributed by atoms with van der Waals surface area (Å²) in [6, 6.07) is 19.4. The molecule has 0 saturated heterocycles. The number of rotatable bonds is 8. The molecule has 0 bridgehead atoms. The van der Waals surface area contributed by atoms with E-state index in [1.54, 1.807) is 4.67 Å². The zero-order valence-corrected chi connectivity index (χ0v) is 14.0. The predicted molar refractivity (Wildman–Crippen MR) is 93.3 cm³/mol. The van der Waals surface area contributed by atoms with Crippen LogP contribution in [0.25, 0.3) is 0 Å². The molecule has 1 N–H and O–H groups in total. The zero-order chi connectivity index (χ0) is 15.8. The summed E-state index contributed by atoms with van der Waals surface area (Å²) in [6.45, 7) is 2.55. The maximum atomic E-state index is 12.9. The molecule has 2 aromatic rings. The van der Waals surface area contributed by atoms with Crippen molar-refractivity contribution in [2.24, 2.45) is 0 Å². The van der Waals surface area contributed by atoms with Crippen LogP contribution < -0.4 is 4.67 Å². The van der Waals surface area contributed by atoms with Crippen molar-refractivity contribution < 1.29 is 9.46 Å². The third kappa shape index (κ3) is 4.72. The Morgan fingerprint density at radius 1 is 0.955 bits per heavy atom. The summed E-state index contributed by atoms with van der Waals surface area (Å²) in [5.41, 5.74) is 1.84. The molecule has 1 atom stereocenters. The molecule has 3 nitrogen and oxygen atoms in total. The zero-order valence-electron chi connectivity index (χ0n) is 13.1. The number of anilines is 1. The van der Waals surface area contributed by atoms with E-state index in [1.165, 1.54) is 0 Å². The fraction of sp³-hybridized carbons (Fsp3) is 0.333. The van der Waals surface area contributed by atoms with Crippen molar-refractivity contribution in [1.29, 1.82) is 0 Å². The Hall–Kier alpha value is -1.57. The van der Waals surface area contributed by atoms with E-state index in [1.807, 2.05) is 60.7 Å². The lowest BCUT2D eigenvalue weighted by Crippen LogP contribution is -2.21. The lowest BCUT2D eigenvalue weighted by molar-refractivity contribution is 0.469. The fourth-order valence-electron chi connectivity index (χ4n) is 2.43. The second-order valence-electron chi connectivity index (χ2n) is 5.47. The van der Waals surface area contributed by atoms with Gasteiger partial charge in [-0.3, -0.25) is 9.24 Å². The number of hydrogen-bond acceptors (Lipinski definition) is 1. The van der Waals surface area contributed by atoms with E-state index in [2.05, 4.69) is 6.92 Å². The fourth-order valence-corrected chi connectivity index (χ4v) is 4.18. The van der Waals surface area contributed by atoms with Crippen molar-refractivity contribution in [1.82, 2.24) is 0 Å². The molecular weight excluding hydrogens is 293 g/mol. The second kappa shape index (κ2) is 8.17. The molecule has 2 aromatic carbocycles. The van der Waals surface area contributed by atoms with Gasteiger partial charge in [-0.1, -0.05) is 68.3 Å². The summed E-state index contributed by atoms with van der Waals surface area (Å²) in [4.78, 5) is 10.6. The van der Waals surface area contributed by atoms with Crippen LogP contribution in [0, 0.1) is 0 Å². The van der Waals surface area contributed by atoms with Gasteiger partial charge in [-0.2, -0.15) is 0 Å². The first kappa shape index (κ1) is 16.8. The van der Waals surface area contributed by atoms with Crippen LogP contribution in [0.3, 0.4) is 0 Å². The molecule has 0 aromatic heterocycles. The molecule has 0 aliphatic carbocycles. The van der Waals surface area contributed by atoms with Crippen LogP contribution in [0.1, 0.15) is 31.7 Å². The van der Waals surface area contributed by atoms with E-state index < -0.39 is 7.52 Å². The minimum atomic E-state index is -3.39. The third-order valence-corrected chi connectivity index (χ3v) is 5.69. The van der Waals surface area contributed by atoms with E-state index >= 15 is 0 Å². The summed E-state index contributed by atoms with van der Waals surface area (Å²) in [7, 11) is -3.39. The van der Waals surface area contributed by atoms with Gasteiger partial charge in [0.1, 0.15) is 0 Å². The third-order valence-electron chi connectivity index (χ3n) is 3.66. The Bertz CT molecular complexity index is 601. The molecule has 0 aliphatic heterocycles. The predicted octanol–water partition coefficient (Wildman–Crippen LogP) is 5.07. The van der Waals surface area contributed by atoms with Crippen LogP contribution in [0.15, 0.2) is 60.7 Å². The van der Waals surface area contributed by atoms with Gasteiger partial charge in [0.2, 0.25) is 0 Å². The first-order valence-electron chi connectivity index (χ1n) is 7.82. The Balaban J connectivity index is 2.23. The van der Waals surface area contributed by atoms with Gasteiger partial charge in [0.05, 0.1) is 6.54 Å². The van der Waals surface area contributed by atoms with Crippen molar-refractivity contribution in [3.63, 3.8) is 0 Å². The smallest absolute Gasteiger partial charge is 0.294 e. The number of unbranched alkanes of at least 4 members (excludes halogenated alkanes) is 2. The minimum Gasteiger partial charge on any atom is -0.329 e. The van der Waals surface area contributed by atoms with E-state index in [0.717, 1.165) is 30.5 Å². The van der Waals surface area contributed by atoms with E-state index in [0.29, 0.717) is 12.7 Å². The summed E-state index contributed by atoms with van der Waals surface area (Å²) >= 11 is 0. The largest absolute Gasteiger partial charge is 0.329 e. The van der Waals surface area contributed by atoms with Crippen LogP contribution in [0.5, 0.6) is 0 Å². The van der Waals surface area contributed by atoms with E-state index in [9.17, 15) is 9.46 Å². The molecule has 0 amide bonds. The van der Waals surface area contributed by atoms with Crippen molar-refractivity contribution in [2.45, 2.75) is 32.7 Å². The molecule has 0 aliphatic rings. The van der Waals surface area contributed by atoms with E-state index in [-0.39, 0.29) is 0 Å². The summed E-state index contributed by atoms with van der Waals surface area (Å²) in [5, 5.41) is 0. The highest BCUT2D eigenvalue weighted by Gasteiger charge is 2.27. The van der Waals surface area contributed by atoms with E-state index in [4.69, 9.17) is 0 Å². The Kier molecular flexibility index (Phi) is 6.23. The highest BCUT2D eigenvalue weighted by atomic mass is 31.2. The lowest BCUT2D eigenvalue weighted by atomic mass is 10.2. The second-order valence-corrected chi connectivity index (χ2v) is 7.73. The Morgan fingerprint density at radius 3 is 2.14 bits per heavy atom. The maximum Gasteiger partial charge on any atom is 0.294 e. The molecule has 0 saturated carbocycles. The molecule has 118 valence electrons. The number of hydrogen-bond donors (Lipinski definition) is 1.